The van der Waals surface area contributed by atoms with E-state index in [1.807, 2.05) is 30.5 Å². The molecule has 0 bridgehead atoms. The molecule has 0 aliphatic carbocycles. The van der Waals surface area contributed by atoms with Gasteiger partial charge in [-0.1, -0.05) is 35.9 Å². The number of aliphatic hydroxyl groups is 1. The Bertz CT molecular complexity index is 1040. The molecular formula is C23H26Cl3N3O2. The Labute approximate surface area is 200 Å². The van der Waals surface area contributed by atoms with E-state index < -0.39 is 6.10 Å². The number of hydrogen-bond donors (Lipinski definition) is 2. The van der Waals surface area contributed by atoms with Crippen LogP contribution < -0.4 is 10.1 Å². The summed E-state index contributed by atoms with van der Waals surface area (Å²) in [4.78, 5) is 4.51. The van der Waals surface area contributed by atoms with Gasteiger partial charge in [-0.2, -0.15) is 5.26 Å². The summed E-state index contributed by atoms with van der Waals surface area (Å²) in [5.41, 5.74) is 2.15. The second-order valence-electron chi connectivity index (χ2n) is 7.67. The van der Waals surface area contributed by atoms with E-state index in [4.69, 9.17) is 16.3 Å². The van der Waals surface area contributed by atoms with Crippen LogP contribution in [-0.4, -0.2) is 34.9 Å². The van der Waals surface area contributed by atoms with Crippen LogP contribution in [0.15, 0.2) is 54.7 Å². The molecule has 0 spiro atoms. The van der Waals surface area contributed by atoms with Gasteiger partial charge in [0.15, 0.2) is 0 Å². The molecule has 0 fully saturated rings. The van der Waals surface area contributed by atoms with Crippen LogP contribution in [0.2, 0.25) is 5.02 Å². The van der Waals surface area contributed by atoms with Crippen molar-refractivity contribution in [1.82, 2.24) is 10.3 Å². The molecule has 0 aliphatic heterocycles. The number of ether oxygens (including phenoxy) is 1. The molecular weight excluding hydrogens is 457 g/mol. The summed E-state index contributed by atoms with van der Waals surface area (Å²) in [5, 5.41) is 24.3. The lowest BCUT2D eigenvalue weighted by Gasteiger charge is -2.28. The Morgan fingerprint density at radius 2 is 1.94 bits per heavy atom. The number of rotatable bonds is 8. The van der Waals surface area contributed by atoms with Gasteiger partial charge in [-0.05, 0) is 50.1 Å². The smallest absolute Gasteiger partial charge is 0.138 e. The number of halogens is 3. The average molecular weight is 483 g/mol. The lowest BCUT2D eigenvalue weighted by molar-refractivity contribution is 0.0987. The number of β-amino-alcohol motifs (C(OH)–C–C–N with tert-alkyl or cyclic N) is 1. The van der Waals surface area contributed by atoms with Crippen molar-refractivity contribution in [2.24, 2.45) is 0 Å². The fraction of sp³-hybridized carbons (Fsp3) is 0.304. The van der Waals surface area contributed by atoms with Crippen molar-refractivity contribution >= 4 is 47.3 Å². The fourth-order valence-corrected chi connectivity index (χ4v) is 3.37. The summed E-state index contributed by atoms with van der Waals surface area (Å²) >= 11 is 6.00. The first-order chi connectivity index (χ1) is 13.9. The van der Waals surface area contributed by atoms with Crippen LogP contribution in [-0.2, 0) is 6.42 Å². The Hall–Kier alpha value is -2.07. The maximum Gasteiger partial charge on any atom is 0.138 e. The van der Waals surface area contributed by atoms with Crippen LogP contribution in [0.25, 0.3) is 10.9 Å². The first kappa shape index (κ1) is 27.0. The molecule has 0 amide bonds. The normalized spacial score (nSPS) is 11.7. The molecule has 31 heavy (non-hydrogen) atoms. The van der Waals surface area contributed by atoms with Crippen molar-refractivity contribution < 1.29 is 9.84 Å². The Kier molecular flexibility index (Phi) is 10.5. The van der Waals surface area contributed by atoms with E-state index in [1.165, 1.54) is 0 Å². The second kappa shape index (κ2) is 12.1. The predicted octanol–water partition coefficient (Wildman–Crippen LogP) is 4.95. The van der Waals surface area contributed by atoms with Crippen LogP contribution >= 0.6 is 36.4 Å². The minimum Gasteiger partial charge on any atom is -0.489 e. The molecule has 3 aromatic rings. The lowest BCUT2D eigenvalue weighted by atomic mass is 9.95. The number of nitriles is 1. The molecule has 0 radical (unpaired) electrons. The van der Waals surface area contributed by atoms with E-state index in [-0.39, 0.29) is 42.5 Å². The van der Waals surface area contributed by atoms with Gasteiger partial charge in [0.25, 0.3) is 0 Å². The summed E-state index contributed by atoms with van der Waals surface area (Å²) < 4.78 is 5.60. The lowest BCUT2D eigenvalue weighted by Crippen LogP contribution is -2.46. The van der Waals surface area contributed by atoms with E-state index in [1.54, 1.807) is 18.2 Å². The Morgan fingerprint density at radius 3 is 2.68 bits per heavy atom. The van der Waals surface area contributed by atoms with Gasteiger partial charge in [0, 0.05) is 23.7 Å². The highest BCUT2D eigenvalue weighted by atomic mass is 35.5. The number of nitrogens with zero attached hydrogens (tertiary/aromatic N) is 2. The maximum atomic E-state index is 10.3. The Balaban J connectivity index is 0.00000240. The summed E-state index contributed by atoms with van der Waals surface area (Å²) in [6.07, 6.45) is 1.94. The van der Waals surface area contributed by atoms with Crippen molar-refractivity contribution in [3.8, 4) is 11.8 Å². The molecule has 1 unspecified atom stereocenters. The number of pyridine rings is 1. The number of aromatic nitrogens is 1. The minimum atomic E-state index is -0.727. The molecule has 5 nitrogen and oxygen atoms in total. The highest BCUT2D eigenvalue weighted by Gasteiger charge is 2.20. The minimum absolute atomic E-state index is 0. The van der Waals surface area contributed by atoms with Gasteiger partial charge in [0.05, 0.1) is 10.5 Å². The van der Waals surface area contributed by atoms with Crippen molar-refractivity contribution in [1.29, 1.82) is 5.26 Å². The first-order valence-corrected chi connectivity index (χ1v) is 9.84. The number of aliphatic hydroxyl groups excluding tert-OH is 1. The molecule has 1 heterocycles. The third-order valence-electron chi connectivity index (χ3n) is 4.63. The van der Waals surface area contributed by atoms with E-state index >= 15 is 0 Å². The SMILES string of the molecule is CC(C)(Cc1cnc2ccccc2c1)NCC(O)COc1cccc(Cl)c1C#N.Cl.Cl. The molecule has 0 aliphatic rings. The highest BCUT2D eigenvalue weighted by molar-refractivity contribution is 6.31. The summed E-state index contributed by atoms with van der Waals surface area (Å²) in [6, 6.07) is 17.2. The number of benzene rings is 2. The Morgan fingerprint density at radius 1 is 1.19 bits per heavy atom. The first-order valence-electron chi connectivity index (χ1n) is 9.46. The molecule has 0 saturated carbocycles. The van der Waals surface area contributed by atoms with Crippen LogP contribution in [0.1, 0.15) is 25.0 Å². The summed E-state index contributed by atoms with van der Waals surface area (Å²) in [6.45, 7) is 4.59. The van der Waals surface area contributed by atoms with Crippen LogP contribution in [0.5, 0.6) is 5.75 Å². The summed E-state index contributed by atoms with van der Waals surface area (Å²) in [5.74, 6) is 0.376. The topological polar surface area (TPSA) is 78.2 Å². The molecule has 3 rings (SSSR count). The maximum absolute atomic E-state index is 10.3. The zero-order valence-electron chi connectivity index (χ0n) is 17.3. The van der Waals surface area contributed by atoms with Crippen molar-refractivity contribution in [3.05, 3.63) is 70.9 Å². The van der Waals surface area contributed by atoms with Gasteiger partial charge < -0.3 is 15.2 Å². The zero-order chi connectivity index (χ0) is 20.9. The molecule has 1 aromatic heterocycles. The molecule has 2 N–H and O–H groups in total. The van der Waals surface area contributed by atoms with Gasteiger partial charge in [-0.25, -0.2) is 0 Å². The van der Waals surface area contributed by atoms with Crippen LogP contribution in [0.3, 0.4) is 0 Å². The number of para-hydroxylation sites is 1. The van der Waals surface area contributed by atoms with E-state index in [9.17, 15) is 10.4 Å². The van der Waals surface area contributed by atoms with Gasteiger partial charge in [0.1, 0.15) is 30.1 Å². The number of fused-ring (bicyclic) bond motifs is 1. The fourth-order valence-electron chi connectivity index (χ4n) is 3.16. The molecule has 1 atom stereocenters. The molecule has 2 aromatic carbocycles. The van der Waals surface area contributed by atoms with Crippen LogP contribution in [0, 0.1) is 11.3 Å². The number of hydrogen-bond acceptors (Lipinski definition) is 5. The van der Waals surface area contributed by atoms with E-state index in [0.29, 0.717) is 17.3 Å². The second-order valence-corrected chi connectivity index (χ2v) is 8.07. The monoisotopic (exact) mass is 481 g/mol. The third-order valence-corrected chi connectivity index (χ3v) is 4.94. The van der Waals surface area contributed by atoms with Gasteiger partial charge >= 0.3 is 0 Å². The third kappa shape index (κ3) is 7.53. The van der Waals surface area contributed by atoms with Crippen molar-refractivity contribution in [3.63, 3.8) is 0 Å². The van der Waals surface area contributed by atoms with Crippen LogP contribution in [0.4, 0.5) is 0 Å². The standard InChI is InChI=1S/C23H24ClN3O2.2ClH/c1-23(2,11-16-10-17-6-3-4-8-21(17)26-13-16)27-14-18(28)15-29-22-9-5-7-20(24)19(22)12-25;;/h3-10,13,18,27-28H,11,14-15H2,1-2H3;2*1H. The quantitative estimate of drug-likeness (QED) is 0.475. The average Bonchev–Trinajstić information content (AvgIpc) is 2.70. The van der Waals surface area contributed by atoms with Gasteiger partial charge in [0.2, 0.25) is 0 Å². The van der Waals surface area contributed by atoms with Gasteiger partial charge in [-0.3, -0.25) is 4.98 Å². The summed E-state index contributed by atoms with van der Waals surface area (Å²) in [7, 11) is 0. The van der Waals surface area contributed by atoms with Crippen molar-refractivity contribution in [2.75, 3.05) is 13.2 Å². The van der Waals surface area contributed by atoms with E-state index in [2.05, 4.69) is 36.3 Å². The largest absolute Gasteiger partial charge is 0.489 e. The zero-order valence-corrected chi connectivity index (χ0v) is 19.7. The van der Waals surface area contributed by atoms with E-state index in [0.717, 1.165) is 22.9 Å². The molecule has 0 saturated heterocycles. The predicted molar refractivity (Wildman–Crippen MR) is 130 cm³/mol. The molecule has 8 heteroatoms. The van der Waals surface area contributed by atoms with Crippen molar-refractivity contribution in [2.45, 2.75) is 31.9 Å². The number of nitrogens with one attached hydrogen (secondary N) is 1. The van der Waals surface area contributed by atoms with Gasteiger partial charge in [-0.15, -0.1) is 24.8 Å². The molecule has 166 valence electrons. The highest BCUT2D eigenvalue weighted by Crippen LogP contribution is 2.25.